The highest BCUT2D eigenvalue weighted by atomic mass is 35.5. The van der Waals surface area contributed by atoms with Gasteiger partial charge in [0.25, 0.3) is 0 Å². The van der Waals surface area contributed by atoms with Crippen LogP contribution < -0.4 is 10.6 Å². The van der Waals surface area contributed by atoms with E-state index in [1.807, 2.05) is 6.92 Å². The van der Waals surface area contributed by atoms with Crippen molar-refractivity contribution in [1.29, 1.82) is 0 Å². The molecule has 0 spiro atoms. The van der Waals surface area contributed by atoms with E-state index in [1.54, 1.807) is 0 Å². The second kappa shape index (κ2) is 9.74. The van der Waals surface area contributed by atoms with E-state index in [4.69, 9.17) is 4.74 Å². The van der Waals surface area contributed by atoms with Crippen molar-refractivity contribution < 1.29 is 9.53 Å². The van der Waals surface area contributed by atoms with Gasteiger partial charge in [-0.15, -0.1) is 12.4 Å². The molecule has 4 atom stereocenters. The first-order valence-electron chi connectivity index (χ1n) is 8.77. The maximum atomic E-state index is 12.3. The number of halogens is 1. The lowest BCUT2D eigenvalue weighted by molar-refractivity contribution is -0.123. The molecule has 2 aliphatic rings. The Balaban J connectivity index is 0.00000242. The van der Waals surface area contributed by atoms with E-state index in [9.17, 15) is 4.79 Å². The topological polar surface area (TPSA) is 50.4 Å². The van der Waals surface area contributed by atoms with Crippen LogP contribution in [0.15, 0.2) is 0 Å². The van der Waals surface area contributed by atoms with Crippen molar-refractivity contribution in [2.45, 2.75) is 77.5 Å². The molecule has 1 aliphatic carbocycles. The fourth-order valence-electron chi connectivity index (χ4n) is 3.81. The largest absolute Gasteiger partial charge is 0.378 e. The minimum absolute atomic E-state index is 0. The number of nitrogens with one attached hydrogen (secondary N) is 2. The Kier molecular flexibility index (Phi) is 8.73. The summed E-state index contributed by atoms with van der Waals surface area (Å²) in [6.45, 7) is 7.83. The Hall–Kier alpha value is -0.320. The third-order valence-electron chi connectivity index (χ3n) is 5.03. The van der Waals surface area contributed by atoms with Crippen LogP contribution in [0.2, 0.25) is 0 Å². The number of fused-ring (bicyclic) bond motifs is 1. The molecule has 0 aromatic rings. The number of hydrogen-bond donors (Lipinski definition) is 2. The molecular formula is C17H33ClN2O2. The van der Waals surface area contributed by atoms with Crippen LogP contribution in [0.1, 0.15) is 59.3 Å². The van der Waals surface area contributed by atoms with Gasteiger partial charge in [-0.05, 0) is 44.4 Å². The van der Waals surface area contributed by atoms with E-state index in [1.165, 1.54) is 25.7 Å². The van der Waals surface area contributed by atoms with E-state index in [-0.39, 0.29) is 30.5 Å². The standard InChI is InChI=1S/C17H32N2O2.ClH/c1-4-21-16(12(2)3)9-10-18-17(20)15-11-13-7-5-6-8-14(13)19-15;/h12-16,19H,4-11H2,1-3H3,(H,18,20);1H. The maximum absolute atomic E-state index is 12.3. The van der Waals surface area contributed by atoms with E-state index >= 15 is 0 Å². The number of hydrogen-bond acceptors (Lipinski definition) is 3. The summed E-state index contributed by atoms with van der Waals surface area (Å²) >= 11 is 0. The highest BCUT2D eigenvalue weighted by Gasteiger charge is 2.37. The minimum atomic E-state index is 0. The lowest BCUT2D eigenvalue weighted by atomic mass is 9.85. The molecule has 1 saturated carbocycles. The molecule has 1 saturated heterocycles. The SMILES string of the molecule is CCOC(CCNC(=O)C1CC2CCCCC2N1)C(C)C.Cl. The third-order valence-corrected chi connectivity index (χ3v) is 5.03. The zero-order valence-corrected chi connectivity index (χ0v) is 15.1. The van der Waals surface area contributed by atoms with Crippen molar-refractivity contribution in [3.8, 4) is 0 Å². The van der Waals surface area contributed by atoms with Crippen LogP contribution in [-0.2, 0) is 9.53 Å². The van der Waals surface area contributed by atoms with Crippen molar-refractivity contribution in [1.82, 2.24) is 10.6 Å². The van der Waals surface area contributed by atoms with Crippen molar-refractivity contribution >= 4 is 18.3 Å². The highest BCUT2D eigenvalue weighted by molar-refractivity contribution is 5.85. The van der Waals surface area contributed by atoms with Crippen molar-refractivity contribution in [3.63, 3.8) is 0 Å². The molecule has 0 aromatic heterocycles. The molecule has 0 aromatic carbocycles. The Morgan fingerprint density at radius 3 is 2.68 bits per heavy atom. The van der Waals surface area contributed by atoms with E-state index in [0.29, 0.717) is 12.0 Å². The van der Waals surface area contributed by atoms with Gasteiger partial charge in [0.15, 0.2) is 0 Å². The van der Waals surface area contributed by atoms with Gasteiger partial charge in [0.05, 0.1) is 12.1 Å². The van der Waals surface area contributed by atoms with Crippen molar-refractivity contribution in [3.05, 3.63) is 0 Å². The van der Waals surface area contributed by atoms with Crippen LogP contribution in [0.25, 0.3) is 0 Å². The molecule has 4 unspecified atom stereocenters. The zero-order chi connectivity index (χ0) is 15.2. The summed E-state index contributed by atoms with van der Waals surface area (Å²) in [5.74, 6) is 1.40. The molecule has 2 fully saturated rings. The van der Waals surface area contributed by atoms with Gasteiger partial charge in [0.2, 0.25) is 5.91 Å². The Labute approximate surface area is 141 Å². The van der Waals surface area contributed by atoms with Gasteiger partial charge >= 0.3 is 0 Å². The molecule has 4 nitrogen and oxygen atoms in total. The molecule has 22 heavy (non-hydrogen) atoms. The second-order valence-electron chi connectivity index (χ2n) is 6.92. The molecule has 0 bridgehead atoms. The predicted octanol–water partition coefficient (Wildman–Crippen LogP) is 2.90. The van der Waals surface area contributed by atoms with Crippen LogP contribution in [0.3, 0.4) is 0 Å². The number of ether oxygens (including phenoxy) is 1. The lowest BCUT2D eigenvalue weighted by Crippen LogP contribution is -2.44. The predicted molar refractivity (Wildman–Crippen MR) is 92.4 cm³/mol. The average molecular weight is 333 g/mol. The molecule has 0 radical (unpaired) electrons. The van der Waals surface area contributed by atoms with Crippen LogP contribution >= 0.6 is 12.4 Å². The van der Waals surface area contributed by atoms with E-state index < -0.39 is 0 Å². The summed E-state index contributed by atoms with van der Waals surface area (Å²) in [7, 11) is 0. The van der Waals surface area contributed by atoms with Crippen molar-refractivity contribution in [2.24, 2.45) is 11.8 Å². The van der Waals surface area contributed by atoms with Gasteiger partial charge in [-0.3, -0.25) is 4.79 Å². The van der Waals surface area contributed by atoms with Crippen LogP contribution in [0.5, 0.6) is 0 Å². The van der Waals surface area contributed by atoms with Gasteiger partial charge < -0.3 is 15.4 Å². The summed E-state index contributed by atoms with van der Waals surface area (Å²) in [4.78, 5) is 12.3. The summed E-state index contributed by atoms with van der Waals surface area (Å²) in [5, 5.41) is 6.63. The van der Waals surface area contributed by atoms with Crippen molar-refractivity contribution in [2.75, 3.05) is 13.2 Å². The average Bonchev–Trinajstić information content (AvgIpc) is 2.90. The smallest absolute Gasteiger partial charge is 0.237 e. The minimum Gasteiger partial charge on any atom is -0.378 e. The summed E-state index contributed by atoms with van der Waals surface area (Å²) in [6, 6.07) is 0.615. The summed E-state index contributed by atoms with van der Waals surface area (Å²) in [6.07, 6.45) is 7.35. The third kappa shape index (κ3) is 5.39. The second-order valence-corrected chi connectivity index (χ2v) is 6.92. The quantitative estimate of drug-likeness (QED) is 0.753. The zero-order valence-electron chi connectivity index (χ0n) is 14.3. The first-order chi connectivity index (χ1) is 10.1. The Morgan fingerprint density at radius 2 is 2.05 bits per heavy atom. The summed E-state index contributed by atoms with van der Waals surface area (Å²) in [5.41, 5.74) is 0. The van der Waals surface area contributed by atoms with Gasteiger partial charge in [-0.25, -0.2) is 0 Å². The molecule has 1 heterocycles. The molecule has 1 aliphatic heterocycles. The molecule has 1 amide bonds. The fraction of sp³-hybridized carbons (Fsp3) is 0.941. The Morgan fingerprint density at radius 1 is 1.32 bits per heavy atom. The van der Waals surface area contributed by atoms with Crippen LogP contribution in [-0.4, -0.2) is 37.2 Å². The Bertz CT molecular complexity index is 325. The molecular weight excluding hydrogens is 300 g/mol. The van der Waals surface area contributed by atoms with Gasteiger partial charge in [0.1, 0.15) is 0 Å². The fourth-order valence-corrected chi connectivity index (χ4v) is 3.81. The van der Waals surface area contributed by atoms with Gasteiger partial charge in [0, 0.05) is 19.2 Å². The maximum Gasteiger partial charge on any atom is 0.237 e. The summed E-state index contributed by atoms with van der Waals surface area (Å²) < 4.78 is 5.72. The van der Waals surface area contributed by atoms with Crippen LogP contribution in [0.4, 0.5) is 0 Å². The molecule has 2 rings (SSSR count). The first-order valence-corrected chi connectivity index (χ1v) is 8.77. The van der Waals surface area contributed by atoms with E-state index in [2.05, 4.69) is 24.5 Å². The van der Waals surface area contributed by atoms with Gasteiger partial charge in [-0.1, -0.05) is 26.7 Å². The first kappa shape index (κ1) is 19.7. The number of amides is 1. The normalized spacial score (nSPS) is 28.8. The monoisotopic (exact) mass is 332 g/mol. The lowest BCUT2D eigenvalue weighted by Gasteiger charge is -2.24. The number of carbonyl (C=O) groups is 1. The highest BCUT2D eigenvalue weighted by Crippen LogP contribution is 2.33. The number of rotatable bonds is 7. The molecule has 130 valence electrons. The van der Waals surface area contributed by atoms with Gasteiger partial charge in [-0.2, -0.15) is 0 Å². The van der Waals surface area contributed by atoms with Crippen LogP contribution in [0, 0.1) is 11.8 Å². The van der Waals surface area contributed by atoms with E-state index in [0.717, 1.165) is 31.9 Å². The molecule has 2 N–H and O–H groups in total. The molecule has 5 heteroatoms. The number of carbonyl (C=O) groups excluding carboxylic acids is 1.